The van der Waals surface area contributed by atoms with Gasteiger partial charge in [0.25, 0.3) is 0 Å². The van der Waals surface area contributed by atoms with Crippen molar-refractivity contribution in [2.75, 3.05) is 18.4 Å². The van der Waals surface area contributed by atoms with Crippen LogP contribution in [0.25, 0.3) is 0 Å². The molecule has 0 saturated carbocycles. The zero-order chi connectivity index (χ0) is 18.7. The Bertz CT molecular complexity index is 775. The number of nitrogens with zero attached hydrogens (tertiary/aromatic N) is 1. The van der Waals surface area contributed by atoms with E-state index in [0.29, 0.717) is 6.54 Å². The van der Waals surface area contributed by atoms with Crippen LogP contribution in [0.5, 0.6) is 5.75 Å². The third kappa shape index (κ3) is 4.16. The maximum absolute atomic E-state index is 13.0. The molecule has 4 nitrogen and oxygen atoms in total. The summed E-state index contributed by atoms with van der Waals surface area (Å²) in [7, 11) is 0. The minimum atomic E-state index is -4.52. The molecule has 1 aliphatic rings. The molecule has 3 rings (SSSR count). The van der Waals surface area contributed by atoms with Crippen LogP contribution in [-0.4, -0.2) is 29.0 Å². The maximum Gasteiger partial charge on any atom is 0.418 e. The highest BCUT2D eigenvalue weighted by Crippen LogP contribution is 2.35. The minimum Gasteiger partial charge on any atom is -0.508 e. The van der Waals surface area contributed by atoms with Crippen LogP contribution in [0.3, 0.4) is 0 Å². The van der Waals surface area contributed by atoms with Gasteiger partial charge in [-0.15, -0.1) is 0 Å². The first-order valence-corrected chi connectivity index (χ1v) is 8.33. The van der Waals surface area contributed by atoms with Crippen LogP contribution in [0, 0.1) is 0 Å². The summed E-state index contributed by atoms with van der Waals surface area (Å²) in [5, 5.41) is 11.8. The zero-order valence-electron chi connectivity index (χ0n) is 14.0. The second kappa shape index (κ2) is 7.37. The Morgan fingerprint density at radius 3 is 2.54 bits per heavy atom. The molecule has 1 atom stereocenters. The van der Waals surface area contributed by atoms with E-state index in [1.807, 2.05) is 4.90 Å². The van der Waals surface area contributed by atoms with Gasteiger partial charge in [0.2, 0.25) is 5.91 Å². The molecule has 1 fully saturated rings. The summed E-state index contributed by atoms with van der Waals surface area (Å²) in [6, 6.07) is 11.7. The van der Waals surface area contributed by atoms with E-state index < -0.39 is 17.6 Å². The first-order chi connectivity index (χ1) is 12.3. The van der Waals surface area contributed by atoms with Gasteiger partial charge < -0.3 is 10.4 Å². The van der Waals surface area contributed by atoms with E-state index in [1.54, 1.807) is 24.3 Å². The smallest absolute Gasteiger partial charge is 0.418 e. The van der Waals surface area contributed by atoms with Crippen molar-refractivity contribution in [2.24, 2.45) is 0 Å². The first kappa shape index (κ1) is 18.3. The monoisotopic (exact) mass is 364 g/mol. The van der Waals surface area contributed by atoms with E-state index >= 15 is 0 Å². The number of likely N-dealkylation sites (tertiary alicyclic amines) is 1. The second-order valence-corrected chi connectivity index (χ2v) is 6.31. The topological polar surface area (TPSA) is 52.6 Å². The van der Waals surface area contributed by atoms with Crippen LogP contribution < -0.4 is 5.32 Å². The average Bonchev–Trinajstić information content (AvgIpc) is 3.03. The number of hydrogen-bond acceptors (Lipinski definition) is 3. The van der Waals surface area contributed by atoms with E-state index in [-0.39, 0.29) is 24.0 Å². The highest BCUT2D eigenvalue weighted by Gasteiger charge is 2.34. The number of carbonyl (C=O) groups excluding carboxylic acids is 1. The van der Waals surface area contributed by atoms with Crippen LogP contribution in [0.2, 0.25) is 0 Å². The van der Waals surface area contributed by atoms with E-state index in [2.05, 4.69) is 5.32 Å². The second-order valence-electron chi connectivity index (χ2n) is 6.31. The Morgan fingerprint density at radius 2 is 1.85 bits per heavy atom. The molecular weight excluding hydrogens is 345 g/mol. The lowest BCUT2D eigenvalue weighted by Crippen LogP contribution is -2.33. The molecule has 0 aliphatic carbocycles. The van der Waals surface area contributed by atoms with Crippen LogP contribution in [0.15, 0.2) is 48.5 Å². The van der Waals surface area contributed by atoms with Gasteiger partial charge in [-0.2, -0.15) is 13.2 Å². The average molecular weight is 364 g/mol. The number of phenols is 1. The number of rotatable bonds is 4. The summed E-state index contributed by atoms with van der Waals surface area (Å²) < 4.78 is 39.1. The molecule has 2 aromatic rings. The molecule has 0 unspecified atom stereocenters. The highest BCUT2D eigenvalue weighted by atomic mass is 19.4. The predicted molar refractivity (Wildman–Crippen MR) is 91.7 cm³/mol. The highest BCUT2D eigenvalue weighted by molar-refractivity contribution is 5.93. The minimum absolute atomic E-state index is 0.0116. The van der Waals surface area contributed by atoms with Gasteiger partial charge in [-0.05, 0) is 49.2 Å². The number of aromatic hydroxyl groups is 1. The number of anilines is 1. The lowest BCUT2D eigenvalue weighted by atomic mass is 10.0. The third-order valence-electron chi connectivity index (χ3n) is 4.49. The summed E-state index contributed by atoms with van der Waals surface area (Å²) in [5.74, 6) is -0.313. The van der Waals surface area contributed by atoms with Gasteiger partial charge in [0.05, 0.1) is 17.8 Å². The van der Waals surface area contributed by atoms with Crippen LogP contribution in [0.4, 0.5) is 18.9 Å². The summed E-state index contributed by atoms with van der Waals surface area (Å²) in [5.41, 5.74) is -0.112. The summed E-state index contributed by atoms with van der Waals surface area (Å²) in [6.45, 7) is 0.706. The van der Waals surface area contributed by atoms with Crippen molar-refractivity contribution < 1.29 is 23.1 Å². The van der Waals surface area contributed by atoms with Crippen molar-refractivity contribution in [2.45, 2.75) is 25.1 Å². The fourth-order valence-corrected chi connectivity index (χ4v) is 3.30. The molecule has 0 radical (unpaired) electrons. The van der Waals surface area contributed by atoms with E-state index in [0.717, 1.165) is 24.5 Å². The van der Waals surface area contributed by atoms with Crippen molar-refractivity contribution in [3.8, 4) is 5.75 Å². The number of para-hydroxylation sites is 1. The molecule has 1 aliphatic heterocycles. The Labute approximate surface area is 149 Å². The quantitative estimate of drug-likeness (QED) is 0.856. The Kier molecular flexibility index (Phi) is 5.18. The Hall–Kier alpha value is -2.54. The van der Waals surface area contributed by atoms with E-state index in [9.17, 15) is 23.1 Å². The van der Waals surface area contributed by atoms with Crippen molar-refractivity contribution in [1.82, 2.24) is 4.90 Å². The van der Waals surface area contributed by atoms with Crippen molar-refractivity contribution in [1.29, 1.82) is 0 Å². The van der Waals surface area contributed by atoms with Crippen molar-refractivity contribution >= 4 is 11.6 Å². The largest absolute Gasteiger partial charge is 0.508 e. The van der Waals surface area contributed by atoms with Gasteiger partial charge in [0, 0.05) is 6.04 Å². The number of phenolic OH excluding ortho intramolecular Hbond substituents is 1. The van der Waals surface area contributed by atoms with Crippen molar-refractivity contribution in [3.05, 3.63) is 59.7 Å². The lowest BCUT2D eigenvalue weighted by molar-refractivity contribution is -0.137. The summed E-state index contributed by atoms with van der Waals surface area (Å²) in [6.07, 6.45) is -2.76. The van der Waals surface area contributed by atoms with Gasteiger partial charge in [0.1, 0.15) is 5.75 Å². The number of halogens is 3. The molecule has 138 valence electrons. The SMILES string of the molecule is O=C(CN1CCC[C@H]1c1ccc(O)cc1)Nc1ccccc1C(F)(F)F. The van der Waals surface area contributed by atoms with Gasteiger partial charge in [-0.3, -0.25) is 9.69 Å². The Balaban J connectivity index is 1.69. The number of carbonyl (C=O) groups is 1. The van der Waals surface area contributed by atoms with Gasteiger partial charge in [-0.1, -0.05) is 24.3 Å². The third-order valence-corrected chi connectivity index (χ3v) is 4.49. The van der Waals surface area contributed by atoms with Crippen LogP contribution in [-0.2, 0) is 11.0 Å². The Morgan fingerprint density at radius 1 is 1.15 bits per heavy atom. The molecule has 0 spiro atoms. The van der Waals surface area contributed by atoms with Crippen LogP contribution >= 0.6 is 0 Å². The zero-order valence-corrected chi connectivity index (χ0v) is 14.0. The number of nitrogens with one attached hydrogen (secondary N) is 1. The molecule has 26 heavy (non-hydrogen) atoms. The van der Waals surface area contributed by atoms with Gasteiger partial charge in [-0.25, -0.2) is 0 Å². The van der Waals surface area contributed by atoms with Gasteiger partial charge >= 0.3 is 6.18 Å². The molecule has 0 aromatic heterocycles. The summed E-state index contributed by atoms with van der Waals surface area (Å²) in [4.78, 5) is 14.3. The summed E-state index contributed by atoms with van der Waals surface area (Å²) >= 11 is 0. The molecule has 7 heteroatoms. The lowest BCUT2D eigenvalue weighted by Gasteiger charge is -2.24. The maximum atomic E-state index is 13.0. The fraction of sp³-hybridized carbons (Fsp3) is 0.316. The number of hydrogen-bond donors (Lipinski definition) is 2. The molecule has 0 bridgehead atoms. The predicted octanol–water partition coefficient (Wildman–Crippen LogP) is 4.19. The molecule has 2 aromatic carbocycles. The molecule has 1 saturated heterocycles. The fourth-order valence-electron chi connectivity index (χ4n) is 3.30. The molecule has 1 heterocycles. The molecule has 2 N–H and O–H groups in total. The number of alkyl halides is 3. The molecular formula is C19H19F3N2O2. The van der Waals surface area contributed by atoms with Gasteiger partial charge in [0.15, 0.2) is 0 Å². The standard InChI is InChI=1S/C19H19F3N2O2/c20-19(21,22)15-4-1-2-5-16(15)23-18(26)12-24-11-3-6-17(24)13-7-9-14(25)10-8-13/h1-2,4-5,7-10,17,25H,3,6,11-12H2,(H,23,26)/t17-/m0/s1. The number of amides is 1. The van der Waals surface area contributed by atoms with Crippen LogP contribution in [0.1, 0.15) is 30.0 Å². The first-order valence-electron chi connectivity index (χ1n) is 8.33. The number of benzene rings is 2. The van der Waals surface area contributed by atoms with E-state index in [4.69, 9.17) is 0 Å². The van der Waals surface area contributed by atoms with E-state index in [1.165, 1.54) is 18.2 Å². The normalized spacial score (nSPS) is 18.0. The molecule has 1 amide bonds. The van der Waals surface area contributed by atoms with Crippen molar-refractivity contribution in [3.63, 3.8) is 0 Å².